The molecule has 1 aromatic carbocycles. The molecular weight excluding hydrogens is 344 g/mol. The minimum Gasteiger partial charge on any atom is -0.491 e. The Labute approximate surface area is 162 Å². The number of para-hydroxylation sites is 1. The first-order valence-corrected chi connectivity index (χ1v) is 10.1. The molecule has 3 rings (SSSR count). The van der Waals surface area contributed by atoms with E-state index in [1.165, 1.54) is 0 Å². The van der Waals surface area contributed by atoms with Crippen LogP contribution in [0.1, 0.15) is 45.1 Å². The molecule has 0 unspecified atom stereocenters. The van der Waals surface area contributed by atoms with E-state index in [-0.39, 0.29) is 24.3 Å². The lowest BCUT2D eigenvalue weighted by Gasteiger charge is -2.37. The molecule has 0 saturated carbocycles. The molecule has 6 nitrogen and oxygen atoms in total. The molecule has 1 aromatic rings. The van der Waals surface area contributed by atoms with Gasteiger partial charge < -0.3 is 19.5 Å². The Hall–Kier alpha value is -1.79. The maximum absolute atomic E-state index is 12.3. The van der Waals surface area contributed by atoms with Gasteiger partial charge in [0, 0.05) is 44.1 Å². The van der Waals surface area contributed by atoms with Crippen LogP contribution in [0.4, 0.5) is 4.79 Å². The summed E-state index contributed by atoms with van der Waals surface area (Å²) < 4.78 is 11.5. The van der Waals surface area contributed by atoms with Crippen molar-refractivity contribution in [1.82, 2.24) is 9.80 Å². The summed E-state index contributed by atoms with van der Waals surface area (Å²) in [7, 11) is 0. The molecule has 0 radical (unpaired) electrons. The van der Waals surface area contributed by atoms with Crippen molar-refractivity contribution < 1.29 is 19.4 Å². The Balaban J connectivity index is 1.56. The van der Waals surface area contributed by atoms with E-state index in [1.807, 2.05) is 23.1 Å². The fourth-order valence-electron chi connectivity index (χ4n) is 4.11. The van der Waals surface area contributed by atoms with E-state index in [0.29, 0.717) is 6.61 Å². The van der Waals surface area contributed by atoms with Gasteiger partial charge in [-0.1, -0.05) is 31.5 Å². The maximum atomic E-state index is 12.3. The normalized spacial score (nSPS) is 20.7. The zero-order valence-corrected chi connectivity index (χ0v) is 16.5. The van der Waals surface area contributed by atoms with E-state index >= 15 is 0 Å². The smallest absolute Gasteiger partial charge is 0.410 e. The summed E-state index contributed by atoms with van der Waals surface area (Å²) in [5.41, 5.74) is 0.811. The molecule has 1 atom stereocenters. The van der Waals surface area contributed by atoms with E-state index in [9.17, 15) is 4.79 Å². The predicted molar refractivity (Wildman–Crippen MR) is 104 cm³/mol. The second kappa shape index (κ2) is 8.93. The van der Waals surface area contributed by atoms with Crippen molar-refractivity contribution in [3.8, 4) is 5.75 Å². The highest BCUT2D eigenvalue weighted by Gasteiger charge is 2.47. The summed E-state index contributed by atoms with van der Waals surface area (Å²) in [5.74, 6) is 0.832. The number of amides is 1. The number of rotatable bonds is 8. The number of nitrogens with zero attached hydrogens (tertiary/aromatic N) is 2. The lowest BCUT2D eigenvalue weighted by atomic mass is 9.90. The summed E-state index contributed by atoms with van der Waals surface area (Å²) >= 11 is 0. The summed E-state index contributed by atoms with van der Waals surface area (Å²) in [6, 6.07) is 8.22. The van der Waals surface area contributed by atoms with Gasteiger partial charge >= 0.3 is 6.09 Å². The third-order valence-electron chi connectivity index (χ3n) is 5.72. The average Bonchev–Trinajstić information content (AvgIpc) is 2.99. The molecule has 2 heterocycles. The van der Waals surface area contributed by atoms with Gasteiger partial charge in [0.2, 0.25) is 0 Å². The Morgan fingerprint density at radius 2 is 2.04 bits per heavy atom. The average molecular weight is 376 g/mol. The molecular formula is C21H32N2O4. The van der Waals surface area contributed by atoms with Crippen LogP contribution in [0.25, 0.3) is 0 Å². The summed E-state index contributed by atoms with van der Waals surface area (Å²) in [6.45, 7) is 7.91. The molecule has 2 aliphatic heterocycles. The van der Waals surface area contributed by atoms with Crippen LogP contribution < -0.4 is 4.74 Å². The molecule has 0 bridgehead atoms. The van der Waals surface area contributed by atoms with E-state index in [1.54, 1.807) is 0 Å². The van der Waals surface area contributed by atoms with Crippen LogP contribution in [0.3, 0.4) is 0 Å². The molecule has 1 spiro atoms. The van der Waals surface area contributed by atoms with Crippen LogP contribution in [0, 0.1) is 0 Å². The van der Waals surface area contributed by atoms with Gasteiger partial charge in [0.15, 0.2) is 0 Å². The van der Waals surface area contributed by atoms with E-state index in [4.69, 9.17) is 14.6 Å². The number of aliphatic hydroxyl groups is 1. The van der Waals surface area contributed by atoms with Crippen molar-refractivity contribution in [2.75, 3.05) is 32.8 Å². The second-order valence-electron chi connectivity index (χ2n) is 7.77. The Morgan fingerprint density at radius 1 is 1.30 bits per heavy atom. The highest BCUT2D eigenvalue weighted by molar-refractivity contribution is 5.71. The van der Waals surface area contributed by atoms with E-state index < -0.39 is 0 Å². The first-order chi connectivity index (χ1) is 13.1. The Kier molecular flexibility index (Phi) is 6.60. The fraction of sp³-hybridized carbons (Fsp3) is 0.667. The number of ether oxygens (including phenoxy) is 2. The van der Waals surface area contributed by atoms with Gasteiger partial charge in [-0.25, -0.2) is 4.79 Å². The quantitative estimate of drug-likeness (QED) is 0.756. The minimum absolute atomic E-state index is 0.0128. The second-order valence-corrected chi connectivity index (χ2v) is 7.77. The number of likely N-dealkylation sites (tertiary alicyclic amines) is 1. The lowest BCUT2D eigenvalue weighted by molar-refractivity contribution is -0.00149. The zero-order valence-electron chi connectivity index (χ0n) is 16.5. The van der Waals surface area contributed by atoms with Crippen molar-refractivity contribution in [2.45, 2.75) is 57.7 Å². The Bertz CT molecular complexity index is 628. The van der Waals surface area contributed by atoms with Gasteiger partial charge in [-0.3, -0.25) is 4.90 Å². The van der Waals surface area contributed by atoms with Gasteiger partial charge in [0.05, 0.1) is 13.2 Å². The van der Waals surface area contributed by atoms with Crippen LogP contribution in [0.2, 0.25) is 0 Å². The molecule has 0 aliphatic carbocycles. The molecule has 2 saturated heterocycles. The number of carbonyl (C=O) groups is 1. The third-order valence-corrected chi connectivity index (χ3v) is 5.72. The molecule has 27 heavy (non-hydrogen) atoms. The summed E-state index contributed by atoms with van der Waals surface area (Å²) in [5, 5.41) is 8.99. The third kappa shape index (κ3) is 4.74. The number of benzene rings is 1. The van der Waals surface area contributed by atoms with Gasteiger partial charge in [-0.05, 0) is 19.4 Å². The van der Waals surface area contributed by atoms with Crippen LogP contribution in [-0.2, 0) is 11.3 Å². The van der Waals surface area contributed by atoms with Crippen molar-refractivity contribution in [3.05, 3.63) is 29.8 Å². The molecule has 150 valence electrons. The van der Waals surface area contributed by atoms with Crippen molar-refractivity contribution in [1.29, 1.82) is 0 Å². The lowest BCUT2D eigenvalue weighted by Crippen LogP contribution is -2.47. The first kappa shape index (κ1) is 20.0. The van der Waals surface area contributed by atoms with Gasteiger partial charge in [0.1, 0.15) is 18.0 Å². The van der Waals surface area contributed by atoms with Crippen molar-refractivity contribution in [2.24, 2.45) is 0 Å². The fourth-order valence-corrected chi connectivity index (χ4v) is 4.11. The number of piperidine rings is 1. The summed E-state index contributed by atoms with van der Waals surface area (Å²) in [6.07, 6.45) is 3.68. The molecule has 0 aromatic heterocycles. The largest absolute Gasteiger partial charge is 0.491 e. The van der Waals surface area contributed by atoms with Gasteiger partial charge in [-0.2, -0.15) is 0 Å². The number of hydrogen-bond donors (Lipinski definition) is 1. The SMILES string of the molecule is CCC[C@H](C)N1CC2(CCN(Cc3ccccc3OCCO)CC2)OC1=O. The van der Waals surface area contributed by atoms with Crippen molar-refractivity contribution >= 4 is 6.09 Å². The van der Waals surface area contributed by atoms with Crippen LogP contribution >= 0.6 is 0 Å². The standard InChI is InChI=1S/C21H32N2O4/c1-3-6-17(2)23-16-21(27-20(23)25)9-11-22(12-10-21)15-18-7-4-5-8-19(18)26-14-13-24/h4-5,7-8,17,24H,3,6,9-16H2,1-2H3/t17-/m0/s1. The van der Waals surface area contributed by atoms with E-state index in [0.717, 1.165) is 63.2 Å². The monoisotopic (exact) mass is 376 g/mol. The Morgan fingerprint density at radius 3 is 2.74 bits per heavy atom. The molecule has 1 amide bonds. The van der Waals surface area contributed by atoms with Crippen LogP contribution in [-0.4, -0.2) is 65.5 Å². The summed E-state index contributed by atoms with van der Waals surface area (Å²) in [4.78, 5) is 16.6. The van der Waals surface area contributed by atoms with Gasteiger partial charge in [0.25, 0.3) is 0 Å². The van der Waals surface area contributed by atoms with Crippen molar-refractivity contribution in [3.63, 3.8) is 0 Å². The van der Waals surface area contributed by atoms with E-state index in [2.05, 4.69) is 24.8 Å². The predicted octanol–water partition coefficient (Wildman–Crippen LogP) is 3.03. The van der Waals surface area contributed by atoms with Crippen LogP contribution in [0.15, 0.2) is 24.3 Å². The highest BCUT2D eigenvalue weighted by Crippen LogP contribution is 2.35. The maximum Gasteiger partial charge on any atom is 0.410 e. The molecule has 2 fully saturated rings. The first-order valence-electron chi connectivity index (χ1n) is 10.1. The highest BCUT2D eigenvalue weighted by atomic mass is 16.6. The minimum atomic E-state index is -0.317. The number of hydrogen-bond acceptors (Lipinski definition) is 5. The molecule has 2 aliphatic rings. The molecule has 6 heteroatoms. The zero-order chi connectivity index (χ0) is 19.3. The number of carbonyl (C=O) groups excluding carboxylic acids is 1. The number of aliphatic hydroxyl groups excluding tert-OH is 1. The molecule has 1 N–H and O–H groups in total. The topological polar surface area (TPSA) is 62.2 Å². The van der Waals surface area contributed by atoms with Gasteiger partial charge in [-0.15, -0.1) is 0 Å². The van der Waals surface area contributed by atoms with Crippen LogP contribution in [0.5, 0.6) is 5.75 Å².